The zero-order valence-corrected chi connectivity index (χ0v) is 30.6. The van der Waals surface area contributed by atoms with Gasteiger partial charge in [0, 0.05) is 40.2 Å². The van der Waals surface area contributed by atoms with Crippen molar-refractivity contribution in [3.63, 3.8) is 0 Å². The fourth-order valence-corrected chi connectivity index (χ4v) is 6.49. The van der Waals surface area contributed by atoms with E-state index in [4.69, 9.17) is 19.8 Å². The molecule has 0 N–H and O–H groups in total. The van der Waals surface area contributed by atoms with Gasteiger partial charge in [0.1, 0.15) is 17.1 Å². The SMILES string of the molecule is Cc1nn(-c2cc(Oc3cc(C(C)(C)c4cc(C(C)(C)C)ccn4)c4nc(C)c(C)n4c3)cc(C(C)(C)C)c2)c(C)c1-c1ccccc1. The largest absolute Gasteiger partial charge is 0.456 e. The summed E-state index contributed by atoms with van der Waals surface area (Å²) < 4.78 is 11.1. The van der Waals surface area contributed by atoms with Gasteiger partial charge in [0.05, 0.1) is 29.0 Å². The fraction of sp³-hybridized carbons (Fsp3) is 0.357. The van der Waals surface area contributed by atoms with E-state index >= 15 is 0 Å². The monoisotopic (exact) mass is 639 g/mol. The van der Waals surface area contributed by atoms with Gasteiger partial charge in [-0.15, -0.1) is 0 Å². The lowest BCUT2D eigenvalue weighted by atomic mass is 9.79. The van der Waals surface area contributed by atoms with E-state index in [2.05, 4.69) is 159 Å². The Kier molecular flexibility index (Phi) is 8.14. The number of nitrogens with zero attached hydrogens (tertiary/aromatic N) is 5. The molecule has 0 unspecified atom stereocenters. The molecule has 0 fully saturated rings. The molecule has 0 bridgehead atoms. The van der Waals surface area contributed by atoms with Crippen molar-refractivity contribution in [1.29, 1.82) is 0 Å². The zero-order valence-electron chi connectivity index (χ0n) is 30.6. The predicted molar refractivity (Wildman–Crippen MR) is 197 cm³/mol. The summed E-state index contributed by atoms with van der Waals surface area (Å²) in [6, 6.07) is 23.5. The number of imidazole rings is 1. The van der Waals surface area contributed by atoms with E-state index in [-0.39, 0.29) is 10.8 Å². The molecule has 0 aliphatic heterocycles. The molecule has 0 atom stereocenters. The summed E-state index contributed by atoms with van der Waals surface area (Å²) in [7, 11) is 0. The highest BCUT2D eigenvalue weighted by molar-refractivity contribution is 5.69. The van der Waals surface area contributed by atoms with Gasteiger partial charge in [0.2, 0.25) is 0 Å². The summed E-state index contributed by atoms with van der Waals surface area (Å²) in [5.74, 6) is 1.50. The molecular weight excluding hydrogens is 590 g/mol. The van der Waals surface area contributed by atoms with Crippen molar-refractivity contribution >= 4 is 5.65 Å². The lowest BCUT2D eigenvalue weighted by molar-refractivity contribution is 0.471. The molecule has 248 valence electrons. The highest BCUT2D eigenvalue weighted by Gasteiger charge is 2.31. The van der Waals surface area contributed by atoms with E-state index in [0.717, 1.165) is 62.4 Å². The normalized spacial score (nSPS) is 12.6. The third kappa shape index (κ3) is 6.05. The summed E-state index contributed by atoms with van der Waals surface area (Å²) >= 11 is 0. The van der Waals surface area contributed by atoms with Crippen LogP contribution in [-0.2, 0) is 16.2 Å². The summed E-state index contributed by atoms with van der Waals surface area (Å²) in [6.45, 7) is 26.3. The molecule has 48 heavy (non-hydrogen) atoms. The molecule has 6 rings (SSSR count). The number of benzene rings is 2. The maximum atomic E-state index is 6.85. The number of hydrogen-bond donors (Lipinski definition) is 0. The Morgan fingerprint density at radius 1 is 0.667 bits per heavy atom. The zero-order chi connectivity index (χ0) is 34.8. The smallest absolute Gasteiger partial charge is 0.144 e. The number of ether oxygens (including phenoxy) is 1. The first-order chi connectivity index (χ1) is 22.4. The van der Waals surface area contributed by atoms with Crippen LogP contribution in [0.25, 0.3) is 22.5 Å². The summed E-state index contributed by atoms with van der Waals surface area (Å²) in [6.07, 6.45) is 3.99. The van der Waals surface area contributed by atoms with Gasteiger partial charge in [-0.2, -0.15) is 5.10 Å². The lowest BCUT2D eigenvalue weighted by Gasteiger charge is -2.28. The van der Waals surface area contributed by atoms with E-state index in [9.17, 15) is 0 Å². The molecule has 0 amide bonds. The third-order valence-corrected chi connectivity index (χ3v) is 9.70. The Labute approximate surface area is 285 Å². The van der Waals surface area contributed by atoms with Crippen molar-refractivity contribution in [2.45, 2.75) is 99.3 Å². The second-order valence-electron chi connectivity index (χ2n) is 15.8. The lowest BCUT2D eigenvalue weighted by Crippen LogP contribution is -2.23. The van der Waals surface area contributed by atoms with E-state index in [1.807, 2.05) is 12.3 Å². The Balaban J connectivity index is 1.49. The highest BCUT2D eigenvalue weighted by atomic mass is 16.5. The van der Waals surface area contributed by atoms with Gasteiger partial charge < -0.3 is 9.14 Å². The van der Waals surface area contributed by atoms with Gasteiger partial charge in [-0.25, -0.2) is 9.67 Å². The minimum Gasteiger partial charge on any atom is -0.456 e. The van der Waals surface area contributed by atoms with E-state index in [1.165, 1.54) is 16.7 Å². The second-order valence-corrected chi connectivity index (χ2v) is 15.8. The first-order valence-electron chi connectivity index (χ1n) is 16.9. The van der Waals surface area contributed by atoms with Gasteiger partial charge >= 0.3 is 0 Å². The molecule has 0 spiro atoms. The molecule has 0 aliphatic rings. The van der Waals surface area contributed by atoms with Gasteiger partial charge in [-0.1, -0.05) is 85.7 Å². The number of hydrogen-bond acceptors (Lipinski definition) is 4. The first-order valence-corrected chi connectivity index (χ1v) is 16.9. The number of aryl methyl sites for hydroxylation is 3. The Bertz CT molecular complexity index is 2140. The van der Waals surface area contributed by atoms with Gasteiger partial charge in [-0.05, 0) is 85.5 Å². The van der Waals surface area contributed by atoms with Crippen LogP contribution in [0.1, 0.15) is 101 Å². The Morgan fingerprint density at radius 3 is 2.02 bits per heavy atom. The van der Waals surface area contributed by atoms with Crippen LogP contribution < -0.4 is 4.74 Å². The average Bonchev–Trinajstić information content (AvgIpc) is 3.49. The standard InChI is InChI=1S/C42H49N5O/c1-26-28(3)46-25-35(24-36(39(46)44-26)42(11,12)37-22-31(18-19-43-37)40(5,6)7)48-34-21-32(41(8,9)10)20-33(23-34)47-29(4)38(27(2)45-47)30-16-14-13-15-17-30/h13-25H,1-12H3. The number of rotatable bonds is 6. The van der Waals surface area contributed by atoms with Crippen molar-refractivity contribution < 1.29 is 4.74 Å². The number of pyridine rings is 2. The number of fused-ring (bicyclic) bond motifs is 1. The molecule has 4 heterocycles. The first kappa shape index (κ1) is 33.2. The summed E-state index contributed by atoms with van der Waals surface area (Å²) in [4.78, 5) is 9.92. The van der Waals surface area contributed by atoms with Crippen LogP contribution in [0, 0.1) is 27.7 Å². The molecule has 6 nitrogen and oxygen atoms in total. The molecule has 6 heteroatoms. The van der Waals surface area contributed by atoms with Gasteiger partial charge in [0.25, 0.3) is 0 Å². The Hall–Kier alpha value is -4.71. The van der Waals surface area contributed by atoms with Crippen LogP contribution in [0.4, 0.5) is 0 Å². The van der Waals surface area contributed by atoms with Crippen LogP contribution in [0.2, 0.25) is 0 Å². The quantitative estimate of drug-likeness (QED) is 0.182. The molecule has 0 aliphatic carbocycles. The van der Waals surface area contributed by atoms with Crippen LogP contribution in [-0.4, -0.2) is 24.1 Å². The van der Waals surface area contributed by atoms with Crippen molar-refractivity contribution in [3.05, 3.63) is 124 Å². The van der Waals surface area contributed by atoms with Gasteiger partial charge in [0.15, 0.2) is 0 Å². The van der Waals surface area contributed by atoms with E-state index in [0.29, 0.717) is 0 Å². The molecule has 0 saturated heterocycles. The van der Waals surface area contributed by atoms with Crippen LogP contribution >= 0.6 is 0 Å². The fourth-order valence-electron chi connectivity index (χ4n) is 6.49. The van der Waals surface area contributed by atoms with E-state index < -0.39 is 5.41 Å². The maximum Gasteiger partial charge on any atom is 0.144 e. The van der Waals surface area contributed by atoms with Crippen molar-refractivity contribution in [2.75, 3.05) is 0 Å². The molecular formula is C42H49N5O. The number of aromatic nitrogens is 5. The summed E-state index contributed by atoms with van der Waals surface area (Å²) in [5, 5.41) is 5.03. The highest BCUT2D eigenvalue weighted by Crippen LogP contribution is 2.39. The van der Waals surface area contributed by atoms with Crippen LogP contribution in [0.3, 0.4) is 0 Å². The molecule has 6 aromatic rings. The molecule has 4 aromatic heterocycles. The van der Waals surface area contributed by atoms with Crippen molar-refractivity contribution in [2.24, 2.45) is 0 Å². The molecule has 0 radical (unpaired) electrons. The minimum absolute atomic E-state index is 0.0115. The molecule has 2 aromatic carbocycles. The van der Waals surface area contributed by atoms with Crippen molar-refractivity contribution in [3.8, 4) is 28.3 Å². The van der Waals surface area contributed by atoms with Crippen LogP contribution in [0.15, 0.2) is 79.1 Å². The third-order valence-electron chi connectivity index (χ3n) is 9.70. The van der Waals surface area contributed by atoms with Crippen molar-refractivity contribution in [1.82, 2.24) is 24.1 Å². The molecule has 0 saturated carbocycles. The van der Waals surface area contributed by atoms with Crippen LogP contribution in [0.5, 0.6) is 11.5 Å². The van der Waals surface area contributed by atoms with Gasteiger partial charge in [-0.3, -0.25) is 4.98 Å². The average molecular weight is 640 g/mol. The second kappa shape index (κ2) is 11.8. The Morgan fingerprint density at radius 2 is 1.35 bits per heavy atom. The summed E-state index contributed by atoms with van der Waals surface area (Å²) in [5.41, 5.74) is 12.3. The maximum absolute atomic E-state index is 6.85. The predicted octanol–water partition coefficient (Wildman–Crippen LogP) is 10.5. The minimum atomic E-state index is -0.442. The van der Waals surface area contributed by atoms with E-state index in [1.54, 1.807) is 0 Å². The topological polar surface area (TPSA) is 57.2 Å².